The average molecular weight is 259 g/mol. The fourth-order valence-corrected chi connectivity index (χ4v) is 2.17. The molecule has 0 aromatic heterocycles. The van der Waals surface area contributed by atoms with Crippen LogP contribution in [0.5, 0.6) is 0 Å². The SMILES string of the molecule is COCCCSCc1ccc([N+](=O)[O-])c(F)c1. The number of nitro groups is 1. The van der Waals surface area contributed by atoms with Crippen LogP contribution >= 0.6 is 11.8 Å². The first kappa shape index (κ1) is 13.9. The molecule has 1 aromatic rings. The molecule has 0 N–H and O–H groups in total. The van der Waals surface area contributed by atoms with E-state index >= 15 is 0 Å². The first-order chi connectivity index (χ1) is 8.15. The van der Waals surface area contributed by atoms with Gasteiger partial charge in [-0.3, -0.25) is 10.1 Å². The van der Waals surface area contributed by atoms with Crippen molar-refractivity contribution in [1.82, 2.24) is 0 Å². The Kier molecular flexibility index (Phi) is 5.93. The number of nitro benzene ring substituents is 1. The molecule has 0 heterocycles. The predicted octanol–water partition coefficient (Wildman–Crippen LogP) is 3.00. The van der Waals surface area contributed by atoms with Gasteiger partial charge in [0.25, 0.3) is 0 Å². The average Bonchev–Trinajstić information content (AvgIpc) is 2.28. The lowest BCUT2D eigenvalue weighted by Gasteiger charge is -2.02. The van der Waals surface area contributed by atoms with Crippen molar-refractivity contribution in [1.29, 1.82) is 0 Å². The Bertz CT molecular complexity index is 387. The third kappa shape index (κ3) is 4.70. The summed E-state index contributed by atoms with van der Waals surface area (Å²) in [7, 11) is 1.65. The van der Waals surface area contributed by atoms with Gasteiger partial charge in [-0.2, -0.15) is 16.2 Å². The summed E-state index contributed by atoms with van der Waals surface area (Å²) in [6.45, 7) is 0.710. The third-order valence-electron chi connectivity index (χ3n) is 2.11. The van der Waals surface area contributed by atoms with Crippen LogP contribution < -0.4 is 0 Å². The van der Waals surface area contributed by atoms with Crippen molar-refractivity contribution in [2.75, 3.05) is 19.5 Å². The Hall–Kier alpha value is -1.14. The van der Waals surface area contributed by atoms with Crippen molar-refractivity contribution in [3.05, 3.63) is 39.7 Å². The van der Waals surface area contributed by atoms with E-state index in [1.165, 1.54) is 12.1 Å². The van der Waals surface area contributed by atoms with Gasteiger partial charge >= 0.3 is 5.69 Å². The summed E-state index contributed by atoms with van der Waals surface area (Å²) in [5.74, 6) is 0.801. The second-order valence-corrected chi connectivity index (χ2v) is 4.55. The van der Waals surface area contributed by atoms with Crippen molar-refractivity contribution in [3.8, 4) is 0 Å². The van der Waals surface area contributed by atoms with Crippen LogP contribution in [-0.4, -0.2) is 24.4 Å². The Morgan fingerprint density at radius 2 is 2.29 bits per heavy atom. The summed E-state index contributed by atoms with van der Waals surface area (Å²) in [4.78, 5) is 9.69. The highest BCUT2D eigenvalue weighted by Gasteiger charge is 2.13. The highest BCUT2D eigenvalue weighted by atomic mass is 32.2. The van der Waals surface area contributed by atoms with Gasteiger partial charge in [0, 0.05) is 25.5 Å². The first-order valence-corrected chi connectivity index (χ1v) is 6.30. The lowest BCUT2D eigenvalue weighted by atomic mass is 10.2. The maximum atomic E-state index is 13.3. The molecule has 0 fully saturated rings. The number of hydrogen-bond acceptors (Lipinski definition) is 4. The Morgan fingerprint density at radius 1 is 1.53 bits per heavy atom. The zero-order chi connectivity index (χ0) is 12.7. The van der Waals surface area contributed by atoms with Crippen molar-refractivity contribution in [2.45, 2.75) is 12.2 Å². The van der Waals surface area contributed by atoms with Gasteiger partial charge in [-0.15, -0.1) is 0 Å². The molecular weight excluding hydrogens is 245 g/mol. The van der Waals surface area contributed by atoms with Gasteiger partial charge in [0.05, 0.1) is 4.92 Å². The number of nitrogens with zero attached hydrogens (tertiary/aromatic N) is 1. The van der Waals surface area contributed by atoms with E-state index in [-0.39, 0.29) is 0 Å². The lowest BCUT2D eigenvalue weighted by Crippen LogP contribution is -1.94. The molecule has 4 nitrogen and oxygen atoms in total. The summed E-state index contributed by atoms with van der Waals surface area (Å²) in [6.07, 6.45) is 0.941. The van der Waals surface area contributed by atoms with Crippen LogP contribution in [0.4, 0.5) is 10.1 Å². The van der Waals surface area contributed by atoms with Gasteiger partial charge in [-0.05, 0) is 23.8 Å². The molecule has 0 aliphatic heterocycles. The van der Waals surface area contributed by atoms with E-state index in [4.69, 9.17) is 4.74 Å². The predicted molar refractivity (Wildman–Crippen MR) is 65.7 cm³/mol. The quantitative estimate of drug-likeness (QED) is 0.429. The van der Waals surface area contributed by atoms with Crippen molar-refractivity contribution < 1.29 is 14.1 Å². The molecule has 17 heavy (non-hydrogen) atoms. The van der Waals surface area contributed by atoms with Crippen LogP contribution in [0.1, 0.15) is 12.0 Å². The number of ether oxygens (including phenoxy) is 1. The minimum absolute atomic E-state index is 0.474. The van der Waals surface area contributed by atoms with E-state index in [0.717, 1.165) is 17.7 Å². The smallest absolute Gasteiger partial charge is 0.304 e. The fourth-order valence-electron chi connectivity index (χ4n) is 1.28. The molecule has 0 spiro atoms. The molecular formula is C11H14FNO3S. The summed E-state index contributed by atoms with van der Waals surface area (Å²) in [5.41, 5.74) is 0.286. The third-order valence-corrected chi connectivity index (χ3v) is 3.23. The van der Waals surface area contributed by atoms with Crippen LogP contribution in [-0.2, 0) is 10.5 Å². The zero-order valence-corrected chi connectivity index (χ0v) is 10.3. The molecule has 0 unspecified atom stereocenters. The van der Waals surface area contributed by atoms with E-state index in [0.29, 0.717) is 12.4 Å². The van der Waals surface area contributed by atoms with Crippen LogP contribution in [0, 0.1) is 15.9 Å². The topological polar surface area (TPSA) is 52.4 Å². The number of halogens is 1. The standard InChI is InChI=1S/C11H14FNO3S/c1-16-5-2-6-17-8-9-3-4-11(13(14)15)10(12)7-9/h3-4,7H,2,5-6,8H2,1H3. The molecule has 6 heteroatoms. The molecule has 0 radical (unpaired) electrons. The molecule has 1 rings (SSSR count). The molecule has 1 aromatic carbocycles. The molecule has 0 bridgehead atoms. The van der Waals surface area contributed by atoms with Gasteiger partial charge in [0.15, 0.2) is 0 Å². The molecule has 0 saturated carbocycles. The van der Waals surface area contributed by atoms with E-state index in [1.54, 1.807) is 24.9 Å². The molecule has 0 atom stereocenters. The lowest BCUT2D eigenvalue weighted by molar-refractivity contribution is -0.387. The van der Waals surface area contributed by atoms with E-state index in [9.17, 15) is 14.5 Å². The second-order valence-electron chi connectivity index (χ2n) is 3.44. The first-order valence-electron chi connectivity index (χ1n) is 5.14. The van der Waals surface area contributed by atoms with E-state index in [2.05, 4.69) is 0 Å². The summed E-state index contributed by atoms with van der Waals surface area (Å²) >= 11 is 1.65. The van der Waals surface area contributed by atoms with Gasteiger partial charge in [0.2, 0.25) is 5.82 Å². The second kappa shape index (κ2) is 7.24. The zero-order valence-electron chi connectivity index (χ0n) is 9.52. The van der Waals surface area contributed by atoms with Gasteiger partial charge in [-0.25, -0.2) is 0 Å². The number of thioether (sulfide) groups is 1. The number of rotatable bonds is 7. The molecule has 94 valence electrons. The Labute approximate surface area is 103 Å². The van der Waals surface area contributed by atoms with Gasteiger partial charge in [0.1, 0.15) is 0 Å². The van der Waals surface area contributed by atoms with E-state index < -0.39 is 16.4 Å². The number of hydrogen-bond donors (Lipinski definition) is 0. The number of benzene rings is 1. The summed E-state index contributed by atoms with van der Waals surface area (Å²) in [6, 6.07) is 4.02. The minimum Gasteiger partial charge on any atom is -0.385 e. The summed E-state index contributed by atoms with van der Waals surface area (Å²) in [5, 5.41) is 10.4. The normalized spacial score (nSPS) is 10.5. The molecule has 0 saturated heterocycles. The van der Waals surface area contributed by atoms with Crippen LogP contribution in [0.15, 0.2) is 18.2 Å². The van der Waals surface area contributed by atoms with Crippen molar-refractivity contribution >= 4 is 17.4 Å². The maximum absolute atomic E-state index is 13.3. The van der Waals surface area contributed by atoms with Gasteiger partial charge < -0.3 is 4.74 Å². The highest BCUT2D eigenvalue weighted by Crippen LogP contribution is 2.21. The number of methoxy groups -OCH3 is 1. The molecule has 0 aliphatic carbocycles. The molecule has 0 aliphatic rings. The van der Waals surface area contributed by atoms with Crippen LogP contribution in [0.25, 0.3) is 0 Å². The highest BCUT2D eigenvalue weighted by molar-refractivity contribution is 7.98. The Balaban J connectivity index is 2.45. The monoisotopic (exact) mass is 259 g/mol. The van der Waals surface area contributed by atoms with Gasteiger partial charge in [-0.1, -0.05) is 6.07 Å². The maximum Gasteiger partial charge on any atom is 0.304 e. The largest absolute Gasteiger partial charge is 0.385 e. The van der Waals surface area contributed by atoms with E-state index in [1.807, 2.05) is 0 Å². The minimum atomic E-state index is -0.773. The molecule has 0 amide bonds. The van der Waals surface area contributed by atoms with Crippen molar-refractivity contribution in [3.63, 3.8) is 0 Å². The Morgan fingerprint density at radius 3 is 2.88 bits per heavy atom. The van der Waals surface area contributed by atoms with Crippen LogP contribution in [0.2, 0.25) is 0 Å². The van der Waals surface area contributed by atoms with Crippen LogP contribution in [0.3, 0.4) is 0 Å². The van der Waals surface area contributed by atoms with Crippen molar-refractivity contribution in [2.24, 2.45) is 0 Å². The fraction of sp³-hybridized carbons (Fsp3) is 0.455. The summed E-state index contributed by atoms with van der Waals surface area (Å²) < 4.78 is 18.2.